The molecule has 0 aromatic carbocycles. The fourth-order valence-electron chi connectivity index (χ4n) is 2.85. The summed E-state index contributed by atoms with van der Waals surface area (Å²) >= 11 is 0. The third-order valence-electron chi connectivity index (χ3n) is 4.62. The number of amides is 1. The molecule has 0 heterocycles. The molecule has 1 saturated carbocycles. The molecule has 5 heteroatoms. The van der Waals surface area contributed by atoms with Gasteiger partial charge in [0, 0.05) is 25.1 Å². The van der Waals surface area contributed by atoms with E-state index in [-0.39, 0.29) is 42.3 Å². The number of aliphatic hydroxyl groups excluding tert-OH is 1. The largest absolute Gasteiger partial charge is 0.396 e. The maximum Gasteiger partial charge on any atom is 0.223 e. The van der Waals surface area contributed by atoms with Crippen LogP contribution in [0.5, 0.6) is 0 Å². The number of aliphatic hydroxyl groups is 1. The summed E-state index contributed by atoms with van der Waals surface area (Å²) in [5.41, 5.74) is 5.88. The van der Waals surface area contributed by atoms with Gasteiger partial charge >= 0.3 is 0 Å². The van der Waals surface area contributed by atoms with Crippen molar-refractivity contribution < 1.29 is 9.90 Å². The van der Waals surface area contributed by atoms with E-state index in [2.05, 4.69) is 19.2 Å². The number of halogens is 1. The summed E-state index contributed by atoms with van der Waals surface area (Å²) < 4.78 is 0. The zero-order valence-corrected chi connectivity index (χ0v) is 13.0. The summed E-state index contributed by atoms with van der Waals surface area (Å²) in [6.07, 6.45) is 5.41. The Kier molecular flexibility index (Phi) is 8.62. The molecule has 1 amide bonds. The lowest BCUT2D eigenvalue weighted by Crippen LogP contribution is -2.40. The minimum Gasteiger partial charge on any atom is -0.396 e. The summed E-state index contributed by atoms with van der Waals surface area (Å²) in [6.45, 7) is 5.10. The first-order chi connectivity index (χ1) is 8.56. The van der Waals surface area contributed by atoms with Gasteiger partial charge in [-0.25, -0.2) is 0 Å². The van der Waals surface area contributed by atoms with E-state index in [1.165, 1.54) is 0 Å². The van der Waals surface area contributed by atoms with Crippen LogP contribution in [-0.4, -0.2) is 30.2 Å². The molecule has 0 aliphatic heterocycles. The van der Waals surface area contributed by atoms with Gasteiger partial charge in [-0.05, 0) is 43.9 Å². The highest BCUT2D eigenvalue weighted by Gasteiger charge is 2.30. The number of nitrogens with one attached hydrogen (secondary N) is 1. The Labute approximate surface area is 122 Å². The Morgan fingerprint density at radius 2 is 2.00 bits per heavy atom. The molecular weight excluding hydrogens is 264 g/mol. The lowest BCUT2D eigenvalue weighted by molar-refractivity contribution is -0.125. The average molecular weight is 293 g/mol. The molecule has 2 atom stereocenters. The Hall–Kier alpha value is -0.320. The van der Waals surface area contributed by atoms with Crippen LogP contribution in [0.15, 0.2) is 0 Å². The maximum atomic E-state index is 12.0. The van der Waals surface area contributed by atoms with Gasteiger partial charge < -0.3 is 16.2 Å². The molecule has 0 saturated heterocycles. The average Bonchev–Trinajstić information content (AvgIpc) is 2.81. The minimum absolute atomic E-state index is 0. The number of carbonyl (C=O) groups excluding carboxylic acids is 1. The Bertz CT molecular complexity index is 270. The van der Waals surface area contributed by atoms with Gasteiger partial charge in [-0.3, -0.25) is 4.79 Å². The predicted molar refractivity (Wildman–Crippen MR) is 80.3 cm³/mol. The first-order valence-corrected chi connectivity index (χ1v) is 7.21. The lowest BCUT2D eigenvalue weighted by Gasteiger charge is -2.31. The fraction of sp³-hybridized carbons (Fsp3) is 0.929. The maximum absolute atomic E-state index is 12.0. The van der Waals surface area contributed by atoms with Crippen molar-refractivity contribution in [3.05, 3.63) is 0 Å². The van der Waals surface area contributed by atoms with Gasteiger partial charge in [0.1, 0.15) is 0 Å². The van der Waals surface area contributed by atoms with Gasteiger partial charge in [-0.1, -0.05) is 13.8 Å². The Morgan fingerprint density at radius 3 is 2.42 bits per heavy atom. The van der Waals surface area contributed by atoms with E-state index in [9.17, 15) is 4.79 Å². The number of carbonyl (C=O) groups is 1. The summed E-state index contributed by atoms with van der Waals surface area (Å²) in [5.74, 6) is 0.243. The molecule has 4 N–H and O–H groups in total. The van der Waals surface area contributed by atoms with Crippen molar-refractivity contribution in [2.24, 2.45) is 17.1 Å². The smallest absolute Gasteiger partial charge is 0.223 e. The van der Waals surface area contributed by atoms with Crippen molar-refractivity contribution in [2.45, 2.75) is 58.4 Å². The van der Waals surface area contributed by atoms with Crippen molar-refractivity contribution in [3.8, 4) is 0 Å². The standard InChI is InChI=1S/C14H28N2O2.ClH/c1-3-14(4-2,7-8-17)10-16-13(18)11-5-6-12(15)9-11;/h11-12,17H,3-10,15H2,1-2H3,(H,16,18);1H. The van der Waals surface area contributed by atoms with Crippen molar-refractivity contribution in [3.63, 3.8) is 0 Å². The molecule has 1 rings (SSSR count). The van der Waals surface area contributed by atoms with Gasteiger partial charge in [0.25, 0.3) is 0 Å². The molecular formula is C14H29ClN2O2. The lowest BCUT2D eigenvalue weighted by atomic mass is 9.79. The van der Waals surface area contributed by atoms with Crippen LogP contribution in [-0.2, 0) is 4.79 Å². The second-order valence-corrected chi connectivity index (χ2v) is 5.67. The highest BCUT2D eigenvalue weighted by molar-refractivity contribution is 5.85. The molecule has 4 nitrogen and oxygen atoms in total. The van der Waals surface area contributed by atoms with Crippen molar-refractivity contribution in [1.29, 1.82) is 0 Å². The minimum atomic E-state index is 0. The zero-order valence-electron chi connectivity index (χ0n) is 12.2. The third-order valence-corrected chi connectivity index (χ3v) is 4.62. The van der Waals surface area contributed by atoms with E-state index in [4.69, 9.17) is 10.8 Å². The van der Waals surface area contributed by atoms with E-state index in [1.807, 2.05) is 0 Å². The van der Waals surface area contributed by atoms with Crippen LogP contribution < -0.4 is 11.1 Å². The van der Waals surface area contributed by atoms with E-state index >= 15 is 0 Å². The van der Waals surface area contributed by atoms with Crippen molar-refractivity contribution >= 4 is 18.3 Å². The van der Waals surface area contributed by atoms with Crippen LogP contribution in [0.2, 0.25) is 0 Å². The molecule has 0 radical (unpaired) electrons. The highest BCUT2D eigenvalue weighted by atomic mass is 35.5. The zero-order chi connectivity index (χ0) is 13.6. The van der Waals surface area contributed by atoms with E-state index < -0.39 is 0 Å². The van der Waals surface area contributed by atoms with Crippen LogP contribution in [0, 0.1) is 11.3 Å². The van der Waals surface area contributed by atoms with Gasteiger partial charge in [0.05, 0.1) is 0 Å². The highest BCUT2D eigenvalue weighted by Crippen LogP contribution is 2.30. The van der Waals surface area contributed by atoms with Crippen LogP contribution in [0.3, 0.4) is 0 Å². The number of rotatable bonds is 7. The van der Waals surface area contributed by atoms with E-state index in [1.54, 1.807) is 0 Å². The second-order valence-electron chi connectivity index (χ2n) is 5.67. The van der Waals surface area contributed by atoms with E-state index in [0.29, 0.717) is 6.54 Å². The fourth-order valence-corrected chi connectivity index (χ4v) is 2.85. The van der Waals surface area contributed by atoms with Gasteiger partial charge in [0.2, 0.25) is 5.91 Å². The Balaban J connectivity index is 0.00000324. The summed E-state index contributed by atoms with van der Waals surface area (Å²) in [6, 6.07) is 0.195. The van der Waals surface area contributed by atoms with E-state index in [0.717, 1.165) is 38.5 Å². The second kappa shape index (κ2) is 8.77. The summed E-state index contributed by atoms with van der Waals surface area (Å²) in [4.78, 5) is 12.0. The number of nitrogens with two attached hydrogens (primary N) is 1. The molecule has 1 aliphatic rings. The Morgan fingerprint density at radius 1 is 1.37 bits per heavy atom. The molecule has 0 aromatic heterocycles. The molecule has 0 aromatic rings. The summed E-state index contributed by atoms with van der Waals surface area (Å²) in [5, 5.41) is 12.2. The van der Waals surface area contributed by atoms with Crippen molar-refractivity contribution in [2.75, 3.05) is 13.2 Å². The van der Waals surface area contributed by atoms with Crippen molar-refractivity contribution in [1.82, 2.24) is 5.32 Å². The molecule has 114 valence electrons. The SMILES string of the molecule is CCC(CC)(CCO)CNC(=O)C1CCC(N)C1.Cl. The molecule has 1 aliphatic carbocycles. The normalized spacial score (nSPS) is 22.9. The van der Waals surface area contributed by atoms with Gasteiger partial charge in [0.15, 0.2) is 0 Å². The molecule has 1 fully saturated rings. The molecule has 0 spiro atoms. The number of hydrogen-bond acceptors (Lipinski definition) is 3. The van der Waals surface area contributed by atoms with Crippen LogP contribution in [0.25, 0.3) is 0 Å². The predicted octanol–water partition coefficient (Wildman–Crippen LogP) is 1.84. The first-order valence-electron chi connectivity index (χ1n) is 7.21. The van der Waals surface area contributed by atoms with Crippen LogP contribution in [0.4, 0.5) is 0 Å². The molecule has 0 bridgehead atoms. The summed E-state index contributed by atoms with van der Waals surface area (Å²) in [7, 11) is 0. The number of hydrogen-bond donors (Lipinski definition) is 3. The topological polar surface area (TPSA) is 75.3 Å². The van der Waals surface area contributed by atoms with Gasteiger partial charge in [-0.15, -0.1) is 12.4 Å². The first kappa shape index (κ1) is 18.7. The quantitative estimate of drug-likeness (QED) is 0.670. The molecule has 2 unspecified atom stereocenters. The van der Waals surface area contributed by atoms with Crippen LogP contribution >= 0.6 is 12.4 Å². The third kappa shape index (κ3) is 5.28. The monoisotopic (exact) mass is 292 g/mol. The molecule has 19 heavy (non-hydrogen) atoms. The van der Waals surface area contributed by atoms with Crippen LogP contribution in [0.1, 0.15) is 52.4 Å². The van der Waals surface area contributed by atoms with Gasteiger partial charge in [-0.2, -0.15) is 0 Å².